The number of hydrogen-bond acceptors (Lipinski definition) is 4. The van der Waals surface area contributed by atoms with Crippen molar-refractivity contribution in [2.24, 2.45) is 0 Å². The lowest BCUT2D eigenvalue weighted by molar-refractivity contribution is -0.142. The number of nitrogens with zero attached hydrogens (tertiary/aromatic N) is 1. The Hall–Kier alpha value is -3.00. The highest BCUT2D eigenvalue weighted by Crippen LogP contribution is 2.26. The topological polar surface area (TPSA) is 68.3 Å². The Morgan fingerprint density at radius 3 is 2.20 bits per heavy atom. The van der Waals surface area contributed by atoms with Gasteiger partial charge in [0.2, 0.25) is 0 Å². The van der Waals surface area contributed by atoms with Crippen molar-refractivity contribution in [2.75, 3.05) is 7.11 Å². The zero-order valence-electron chi connectivity index (χ0n) is 16.3. The molecule has 0 bridgehead atoms. The third-order valence-corrected chi connectivity index (χ3v) is 5.61. The van der Waals surface area contributed by atoms with Crippen molar-refractivity contribution in [3.05, 3.63) is 87.5 Å². The van der Waals surface area contributed by atoms with Crippen LogP contribution in [0.2, 0.25) is 0 Å². The predicted octanol–water partition coefficient (Wildman–Crippen LogP) is 4.51. The van der Waals surface area contributed by atoms with Crippen LogP contribution in [0.15, 0.2) is 72.8 Å². The van der Waals surface area contributed by atoms with E-state index in [4.69, 9.17) is 4.74 Å². The van der Waals surface area contributed by atoms with Crippen molar-refractivity contribution < 1.29 is 14.3 Å². The van der Waals surface area contributed by atoms with Crippen LogP contribution in [0.1, 0.15) is 15.9 Å². The molecule has 1 heterocycles. The number of nitrogens with one attached hydrogen (secondary N) is 1. The van der Waals surface area contributed by atoms with Crippen molar-refractivity contribution in [1.82, 2.24) is 10.3 Å². The maximum Gasteiger partial charge on any atom is 0.328 e. The van der Waals surface area contributed by atoms with Gasteiger partial charge in [-0.25, -0.2) is 9.78 Å². The number of carbonyl (C=O) groups is 2. The number of pyridine rings is 1. The average Bonchev–Trinajstić information content (AvgIpc) is 2.76. The van der Waals surface area contributed by atoms with Gasteiger partial charge < -0.3 is 10.1 Å². The zero-order valence-corrected chi connectivity index (χ0v) is 18.4. The Morgan fingerprint density at radius 1 is 0.967 bits per heavy atom. The van der Waals surface area contributed by atoms with Gasteiger partial charge in [0.05, 0.1) is 23.7 Å². The SMILES string of the molecule is COC(=O)[C@H](Cc1cccc(I)c1)NC(=O)c1c2ccccc2nc2ccccc12. The van der Waals surface area contributed by atoms with Gasteiger partial charge in [-0.3, -0.25) is 4.79 Å². The van der Waals surface area contributed by atoms with E-state index < -0.39 is 12.0 Å². The monoisotopic (exact) mass is 510 g/mol. The average molecular weight is 510 g/mol. The summed E-state index contributed by atoms with van der Waals surface area (Å²) >= 11 is 2.22. The molecule has 0 aliphatic carbocycles. The molecule has 0 spiro atoms. The molecule has 5 nitrogen and oxygen atoms in total. The van der Waals surface area contributed by atoms with E-state index in [1.807, 2.05) is 72.8 Å². The van der Waals surface area contributed by atoms with E-state index in [0.717, 1.165) is 30.9 Å². The molecule has 4 aromatic rings. The van der Waals surface area contributed by atoms with E-state index in [1.165, 1.54) is 7.11 Å². The van der Waals surface area contributed by atoms with Gasteiger partial charge >= 0.3 is 5.97 Å². The molecule has 4 rings (SSSR count). The van der Waals surface area contributed by atoms with E-state index in [-0.39, 0.29) is 5.91 Å². The zero-order chi connectivity index (χ0) is 21.1. The Balaban J connectivity index is 1.75. The smallest absolute Gasteiger partial charge is 0.328 e. The third-order valence-electron chi connectivity index (χ3n) is 4.93. The molecule has 0 saturated carbocycles. The summed E-state index contributed by atoms with van der Waals surface area (Å²) in [5.41, 5.74) is 2.91. The minimum Gasteiger partial charge on any atom is -0.467 e. The first-order valence-corrected chi connectivity index (χ1v) is 10.6. The summed E-state index contributed by atoms with van der Waals surface area (Å²) in [4.78, 5) is 30.5. The molecule has 30 heavy (non-hydrogen) atoms. The van der Waals surface area contributed by atoms with Gasteiger partial charge in [-0.2, -0.15) is 0 Å². The number of para-hydroxylation sites is 2. The van der Waals surface area contributed by atoms with Gasteiger partial charge in [-0.15, -0.1) is 0 Å². The Bertz CT molecular complexity index is 1200. The molecule has 3 aromatic carbocycles. The molecule has 1 atom stereocenters. The molecule has 0 radical (unpaired) electrons. The molecule has 0 fully saturated rings. The van der Waals surface area contributed by atoms with Crippen molar-refractivity contribution >= 4 is 56.3 Å². The van der Waals surface area contributed by atoms with Crippen LogP contribution in [-0.2, 0) is 16.0 Å². The van der Waals surface area contributed by atoms with E-state index in [2.05, 4.69) is 32.9 Å². The normalized spacial score (nSPS) is 11.9. The fraction of sp³-hybridized carbons (Fsp3) is 0.125. The van der Waals surface area contributed by atoms with Crippen LogP contribution in [0.3, 0.4) is 0 Å². The van der Waals surface area contributed by atoms with Gasteiger partial charge in [0.15, 0.2) is 0 Å². The highest BCUT2D eigenvalue weighted by molar-refractivity contribution is 14.1. The van der Waals surface area contributed by atoms with Gasteiger partial charge in [0.1, 0.15) is 6.04 Å². The fourth-order valence-electron chi connectivity index (χ4n) is 3.55. The van der Waals surface area contributed by atoms with Gasteiger partial charge in [0.25, 0.3) is 5.91 Å². The van der Waals surface area contributed by atoms with Crippen molar-refractivity contribution in [1.29, 1.82) is 0 Å². The second-order valence-electron chi connectivity index (χ2n) is 6.90. The van der Waals surface area contributed by atoms with Crippen LogP contribution in [-0.4, -0.2) is 30.0 Å². The first-order valence-electron chi connectivity index (χ1n) is 9.47. The molecule has 0 aliphatic heterocycles. The molecule has 1 aromatic heterocycles. The highest BCUT2D eigenvalue weighted by atomic mass is 127. The van der Waals surface area contributed by atoms with Crippen molar-refractivity contribution in [2.45, 2.75) is 12.5 Å². The predicted molar refractivity (Wildman–Crippen MR) is 125 cm³/mol. The maximum absolute atomic E-state index is 13.4. The summed E-state index contributed by atoms with van der Waals surface area (Å²) < 4.78 is 6.02. The van der Waals surface area contributed by atoms with E-state index in [9.17, 15) is 9.59 Å². The molecule has 150 valence electrons. The lowest BCUT2D eigenvalue weighted by atomic mass is 10.0. The number of amides is 1. The molecular weight excluding hydrogens is 491 g/mol. The number of benzene rings is 3. The summed E-state index contributed by atoms with van der Waals surface area (Å²) in [6.07, 6.45) is 0.343. The first-order chi connectivity index (χ1) is 14.6. The lowest BCUT2D eigenvalue weighted by Crippen LogP contribution is -2.43. The van der Waals surface area contributed by atoms with E-state index >= 15 is 0 Å². The van der Waals surface area contributed by atoms with Crippen molar-refractivity contribution in [3.8, 4) is 0 Å². The Kier molecular flexibility index (Phi) is 5.94. The van der Waals surface area contributed by atoms with Crippen LogP contribution in [0.25, 0.3) is 21.8 Å². The number of carbonyl (C=O) groups excluding carboxylic acids is 2. The number of fused-ring (bicyclic) bond motifs is 2. The molecule has 0 aliphatic rings. The molecule has 0 saturated heterocycles. The third kappa shape index (κ3) is 4.14. The van der Waals surface area contributed by atoms with Crippen molar-refractivity contribution in [3.63, 3.8) is 0 Å². The first kappa shape index (κ1) is 20.3. The van der Waals surface area contributed by atoms with Gasteiger partial charge in [-0.05, 0) is 52.4 Å². The van der Waals surface area contributed by atoms with E-state index in [0.29, 0.717) is 12.0 Å². The number of halogens is 1. The minimum atomic E-state index is -0.800. The number of esters is 1. The Morgan fingerprint density at radius 2 is 1.60 bits per heavy atom. The summed E-state index contributed by atoms with van der Waals surface area (Å²) in [7, 11) is 1.33. The number of rotatable bonds is 5. The van der Waals surface area contributed by atoms with Gasteiger partial charge in [-0.1, -0.05) is 48.5 Å². The molecular formula is C24H19IN2O3. The number of methoxy groups -OCH3 is 1. The molecule has 1 amide bonds. The number of ether oxygens (including phenoxy) is 1. The lowest BCUT2D eigenvalue weighted by Gasteiger charge is -2.18. The molecule has 1 N–H and O–H groups in total. The summed E-state index contributed by atoms with van der Waals surface area (Å²) in [5, 5.41) is 4.38. The quantitative estimate of drug-likeness (QED) is 0.244. The van der Waals surface area contributed by atoms with Crippen LogP contribution in [0, 0.1) is 3.57 Å². The standard InChI is InChI=1S/C24H19IN2O3/c1-30-24(29)21(14-15-7-6-8-16(25)13-15)27-23(28)22-17-9-2-4-11-19(17)26-20-12-5-3-10-18(20)22/h2-13,21H,14H2,1H3,(H,27,28)/t21-/m0/s1. The number of hydrogen-bond donors (Lipinski definition) is 1. The highest BCUT2D eigenvalue weighted by Gasteiger charge is 2.25. The fourth-order valence-corrected chi connectivity index (χ4v) is 4.16. The van der Waals surface area contributed by atoms with Crippen LogP contribution in [0.5, 0.6) is 0 Å². The summed E-state index contributed by atoms with van der Waals surface area (Å²) in [6.45, 7) is 0. The van der Waals surface area contributed by atoms with Crippen LogP contribution >= 0.6 is 22.6 Å². The maximum atomic E-state index is 13.4. The van der Waals surface area contributed by atoms with Crippen LogP contribution in [0.4, 0.5) is 0 Å². The minimum absolute atomic E-state index is 0.328. The summed E-state index contributed by atoms with van der Waals surface area (Å²) in [5.74, 6) is -0.810. The summed E-state index contributed by atoms with van der Waals surface area (Å²) in [6, 6.07) is 22.0. The second-order valence-corrected chi connectivity index (χ2v) is 8.15. The van der Waals surface area contributed by atoms with Gasteiger partial charge in [0, 0.05) is 20.8 Å². The van der Waals surface area contributed by atoms with E-state index in [1.54, 1.807) is 0 Å². The van der Waals surface area contributed by atoms with Crippen LogP contribution < -0.4 is 5.32 Å². The second kappa shape index (κ2) is 8.79. The largest absolute Gasteiger partial charge is 0.467 e. The molecule has 6 heteroatoms. The number of aromatic nitrogens is 1. The molecule has 0 unspecified atom stereocenters. The Labute approximate surface area is 187 Å².